The summed E-state index contributed by atoms with van der Waals surface area (Å²) in [5, 5.41) is 14.2. The Hall–Kier alpha value is -1.29. The van der Waals surface area contributed by atoms with Gasteiger partial charge in [0.15, 0.2) is 0 Å². The molecule has 0 saturated carbocycles. The molecule has 1 rings (SSSR count). The molecule has 82 valence electrons. The number of nitro benzene ring substituents is 1. The zero-order valence-corrected chi connectivity index (χ0v) is 9.41. The van der Waals surface area contributed by atoms with Crippen molar-refractivity contribution in [3.05, 3.63) is 33.3 Å². The van der Waals surface area contributed by atoms with Gasteiger partial charge in [-0.15, -0.1) is 0 Å². The summed E-state index contributed by atoms with van der Waals surface area (Å²) in [6, 6.07) is 4.82. The van der Waals surface area contributed by atoms with E-state index in [0.717, 1.165) is 6.42 Å². The smallest absolute Gasteiger partial charge is 0.293 e. The quantitative estimate of drug-likeness (QED) is 0.634. The highest BCUT2D eigenvalue weighted by molar-refractivity contribution is 6.30. The molecule has 0 spiro atoms. The Labute approximate surface area is 93.4 Å². The molecule has 0 bridgehead atoms. The Morgan fingerprint density at radius 2 is 2.27 bits per heavy atom. The van der Waals surface area contributed by atoms with Crippen molar-refractivity contribution in [2.24, 2.45) is 0 Å². The number of halogens is 1. The fourth-order valence-corrected chi connectivity index (χ4v) is 1.31. The van der Waals surface area contributed by atoms with Crippen LogP contribution in [0.2, 0.25) is 5.02 Å². The third-order valence-electron chi connectivity index (χ3n) is 2.17. The summed E-state index contributed by atoms with van der Waals surface area (Å²) >= 11 is 5.70. The minimum absolute atomic E-state index is 0.0165. The van der Waals surface area contributed by atoms with Crippen molar-refractivity contribution >= 4 is 23.0 Å². The lowest BCUT2D eigenvalue weighted by Gasteiger charge is -2.12. The molecule has 0 unspecified atom stereocenters. The molecule has 1 aromatic carbocycles. The largest absolute Gasteiger partial charge is 0.377 e. The fourth-order valence-electron chi connectivity index (χ4n) is 1.15. The predicted molar refractivity (Wildman–Crippen MR) is 61.5 cm³/mol. The van der Waals surface area contributed by atoms with E-state index in [2.05, 4.69) is 5.32 Å². The zero-order chi connectivity index (χ0) is 11.4. The summed E-state index contributed by atoms with van der Waals surface area (Å²) in [6.45, 7) is 3.98. The number of nitrogens with one attached hydrogen (secondary N) is 1. The van der Waals surface area contributed by atoms with Gasteiger partial charge in [-0.2, -0.15) is 0 Å². The van der Waals surface area contributed by atoms with Crippen molar-refractivity contribution in [2.75, 3.05) is 5.32 Å². The lowest BCUT2D eigenvalue weighted by atomic mass is 10.2. The molecule has 1 atom stereocenters. The molecule has 0 aliphatic rings. The highest BCUT2D eigenvalue weighted by Crippen LogP contribution is 2.28. The van der Waals surface area contributed by atoms with Crippen molar-refractivity contribution in [3.8, 4) is 0 Å². The van der Waals surface area contributed by atoms with Crippen LogP contribution >= 0.6 is 11.6 Å². The van der Waals surface area contributed by atoms with Crippen molar-refractivity contribution in [1.29, 1.82) is 0 Å². The van der Waals surface area contributed by atoms with Crippen molar-refractivity contribution < 1.29 is 4.92 Å². The highest BCUT2D eigenvalue weighted by Gasteiger charge is 2.15. The van der Waals surface area contributed by atoms with Gasteiger partial charge < -0.3 is 5.32 Å². The minimum Gasteiger partial charge on any atom is -0.377 e. The topological polar surface area (TPSA) is 55.2 Å². The Balaban J connectivity index is 3.01. The average molecular weight is 229 g/mol. The molecule has 5 heteroatoms. The first kappa shape index (κ1) is 11.8. The number of benzene rings is 1. The fraction of sp³-hybridized carbons (Fsp3) is 0.400. The standard InChI is InChI=1S/C10H13ClN2O2/c1-3-7(2)12-9-5-4-8(11)6-10(9)13(14)15/h4-7,12H,3H2,1-2H3/t7-/m0/s1. The van der Waals surface area contributed by atoms with Gasteiger partial charge in [-0.25, -0.2) is 0 Å². The second-order valence-electron chi connectivity index (χ2n) is 3.37. The maximum Gasteiger partial charge on any atom is 0.293 e. The molecule has 0 aliphatic carbocycles. The summed E-state index contributed by atoms with van der Waals surface area (Å²) in [7, 11) is 0. The Morgan fingerprint density at radius 1 is 1.60 bits per heavy atom. The molecule has 0 fully saturated rings. The summed E-state index contributed by atoms with van der Waals surface area (Å²) < 4.78 is 0. The lowest BCUT2D eigenvalue weighted by Crippen LogP contribution is -2.14. The maximum absolute atomic E-state index is 10.8. The molecule has 1 aromatic rings. The first-order chi connectivity index (χ1) is 7.04. The van der Waals surface area contributed by atoms with Crippen LogP contribution in [0.3, 0.4) is 0 Å². The molecular weight excluding hydrogens is 216 g/mol. The predicted octanol–water partition coefficient (Wildman–Crippen LogP) is 3.46. The van der Waals surface area contributed by atoms with Gasteiger partial charge >= 0.3 is 0 Å². The van der Waals surface area contributed by atoms with Crippen molar-refractivity contribution in [3.63, 3.8) is 0 Å². The van der Waals surface area contributed by atoms with Crippen LogP contribution in [0.4, 0.5) is 11.4 Å². The molecular formula is C10H13ClN2O2. The second kappa shape index (κ2) is 4.98. The van der Waals surface area contributed by atoms with Gasteiger partial charge in [0.2, 0.25) is 0 Å². The van der Waals surface area contributed by atoms with Gasteiger partial charge in [0.25, 0.3) is 5.69 Å². The van der Waals surface area contributed by atoms with Gasteiger partial charge in [0.05, 0.1) is 4.92 Å². The molecule has 0 amide bonds. The van der Waals surface area contributed by atoms with E-state index in [1.165, 1.54) is 6.07 Å². The van der Waals surface area contributed by atoms with Crippen LogP contribution in [0.5, 0.6) is 0 Å². The molecule has 0 aromatic heterocycles. The normalized spacial score (nSPS) is 12.2. The summed E-state index contributed by atoms with van der Waals surface area (Å²) in [5.41, 5.74) is 0.529. The molecule has 4 nitrogen and oxygen atoms in total. The Morgan fingerprint density at radius 3 is 2.80 bits per heavy atom. The second-order valence-corrected chi connectivity index (χ2v) is 3.81. The van der Waals surface area contributed by atoms with Crippen LogP contribution < -0.4 is 5.32 Å². The van der Waals surface area contributed by atoms with Gasteiger partial charge in [-0.05, 0) is 25.5 Å². The Kier molecular flexibility index (Phi) is 3.91. The summed E-state index contributed by atoms with van der Waals surface area (Å²) in [6.07, 6.45) is 0.903. The molecule has 0 radical (unpaired) electrons. The van der Waals surface area contributed by atoms with Gasteiger partial charge in [0.1, 0.15) is 5.69 Å². The number of hydrogen-bond donors (Lipinski definition) is 1. The van der Waals surface area contributed by atoms with Crippen LogP contribution in [-0.4, -0.2) is 11.0 Å². The third kappa shape index (κ3) is 3.09. The van der Waals surface area contributed by atoms with Crippen LogP contribution in [0, 0.1) is 10.1 Å². The van der Waals surface area contributed by atoms with Crippen LogP contribution in [0.25, 0.3) is 0 Å². The molecule has 0 saturated heterocycles. The molecule has 0 aliphatic heterocycles. The van der Waals surface area contributed by atoms with Crippen LogP contribution in [0.1, 0.15) is 20.3 Å². The average Bonchev–Trinajstić information content (AvgIpc) is 2.20. The Bertz CT molecular complexity index is 368. The van der Waals surface area contributed by atoms with E-state index in [0.29, 0.717) is 10.7 Å². The van der Waals surface area contributed by atoms with Gasteiger partial charge in [0, 0.05) is 17.1 Å². The highest BCUT2D eigenvalue weighted by atomic mass is 35.5. The molecule has 1 N–H and O–H groups in total. The number of rotatable bonds is 4. The van der Waals surface area contributed by atoms with Crippen LogP contribution in [0.15, 0.2) is 18.2 Å². The van der Waals surface area contributed by atoms with E-state index in [1.807, 2.05) is 13.8 Å². The van der Waals surface area contributed by atoms with E-state index in [1.54, 1.807) is 12.1 Å². The number of nitro groups is 1. The maximum atomic E-state index is 10.8. The monoisotopic (exact) mass is 228 g/mol. The van der Waals surface area contributed by atoms with Crippen molar-refractivity contribution in [2.45, 2.75) is 26.3 Å². The first-order valence-corrected chi connectivity index (χ1v) is 5.13. The zero-order valence-electron chi connectivity index (χ0n) is 8.66. The van der Waals surface area contributed by atoms with E-state index in [9.17, 15) is 10.1 Å². The van der Waals surface area contributed by atoms with E-state index < -0.39 is 4.92 Å². The first-order valence-electron chi connectivity index (χ1n) is 4.75. The number of nitrogens with zero attached hydrogens (tertiary/aromatic N) is 1. The van der Waals surface area contributed by atoms with E-state index >= 15 is 0 Å². The summed E-state index contributed by atoms with van der Waals surface area (Å²) in [4.78, 5) is 10.3. The van der Waals surface area contributed by atoms with Crippen LogP contribution in [-0.2, 0) is 0 Å². The van der Waals surface area contributed by atoms with Gasteiger partial charge in [-0.3, -0.25) is 10.1 Å². The molecule has 0 heterocycles. The van der Waals surface area contributed by atoms with Gasteiger partial charge in [-0.1, -0.05) is 18.5 Å². The van der Waals surface area contributed by atoms with E-state index in [-0.39, 0.29) is 11.7 Å². The summed E-state index contributed by atoms with van der Waals surface area (Å²) in [5.74, 6) is 0. The van der Waals surface area contributed by atoms with E-state index in [4.69, 9.17) is 11.6 Å². The number of anilines is 1. The minimum atomic E-state index is -0.434. The van der Waals surface area contributed by atoms with Crippen molar-refractivity contribution in [1.82, 2.24) is 0 Å². The SMILES string of the molecule is CC[C@H](C)Nc1ccc(Cl)cc1[N+](=O)[O-]. The number of hydrogen-bond acceptors (Lipinski definition) is 3. The third-order valence-corrected chi connectivity index (χ3v) is 2.41. The lowest BCUT2D eigenvalue weighted by molar-refractivity contribution is -0.384. The molecule has 15 heavy (non-hydrogen) atoms.